The Kier molecular flexibility index (Phi) is 4.62. The maximum absolute atomic E-state index is 12.1. The molecule has 0 heterocycles. The molecule has 0 atom stereocenters. The zero-order valence-electron chi connectivity index (χ0n) is 10.6. The molecule has 0 bridgehead atoms. The van der Waals surface area contributed by atoms with Crippen LogP contribution in [-0.2, 0) is 17.6 Å². The van der Waals surface area contributed by atoms with Crippen molar-refractivity contribution < 1.29 is 4.79 Å². The molecule has 0 spiro atoms. The van der Waals surface area contributed by atoms with Crippen LogP contribution in [0.2, 0.25) is 10.0 Å². The van der Waals surface area contributed by atoms with Crippen LogP contribution in [0.4, 0.5) is 0 Å². The number of hydrogen-bond acceptors (Lipinski definition) is 1. The third kappa shape index (κ3) is 3.59. The predicted molar refractivity (Wildman–Crippen MR) is 80.1 cm³/mol. The maximum Gasteiger partial charge on any atom is 0.141 e. The fourth-order valence-corrected chi connectivity index (χ4v) is 2.37. The van der Waals surface area contributed by atoms with E-state index in [2.05, 4.69) is 0 Å². The van der Waals surface area contributed by atoms with E-state index in [0.29, 0.717) is 22.9 Å². The van der Waals surface area contributed by atoms with Gasteiger partial charge in [0, 0.05) is 12.8 Å². The average Bonchev–Trinajstić information content (AvgIpc) is 2.38. The predicted octanol–water partition coefficient (Wildman–Crippen LogP) is 4.66. The van der Waals surface area contributed by atoms with Gasteiger partial charge in [-0.15, -0.1) is 0 Å². The Morgan fingerprint density at radius 2 is 1.58 bits per heavy atom. The van der Waals surface area contributed by atoms with Gasteiger partial charge >= 0.3 is 0 Å². The highest BCUT2D eigenvalue weighted by atomic mass is 35.5. The van der Waals surface area contributed by atoms with Crippen molar-refractivity contribution in [2.75, 3.05) is 0 Å². The molecule has 0 aliphatic rings. The quantitative estimate of drug-likeness (QED) is 0.801. The van der Waals surface area contributed by atoms with Crippen molar-refractivity contribution in [2.45, 2.75) is 19.8 Å². The van der Waals surface area contributed by atoms with Gasteiger partial charge in [-0.2, -0.15) is 0 Å². The van der Waals surface area contributed by atoms with Crippen LogP contribution in [0.3, 0.4) is 0 Å². The first kappa shape index (κ1) is 14.1. The Morgan fingerprint density at radius 1 is 0.947 bits per heavy atom. The number of halogens is 2. The van der Waals surface area contributed by atoms with E-state index in [9.17, 15) is 4.79 Å². The smallest absolute Gasteiger partial charge is 0.141 e. The van der Waals surface area contributed by atoms with Gasteiger partial charge in [-0.3, -0.25) is 4.79 Å². The molecule has 1 nitrogen and oxygen atoms in total. The second kappa shape index (κ2) is 6.23. The summed E-state index contributed by atoms with van der Waals surface area (Å²) in [6, 6.07) is 13.3. The van der Waals surface area contributed by atoms with Gasteiger partial charge in [-0.25, -0.2) is 0 Å². The molecule has 3 heteroatoms. The van der Waals surface area contributed by atoms with E-state index in [1.165, 1.54) is 0 Å². The highest BCUT2D eigenvalue weighted by Gasteiger charge is 2.11. The van der Waals surface area contributed by atoms with Crippen molar-refractivity contribution >= 4 is 29.0 Å². The van der Waals surface area contributed by atoms with E-state index >= 15 is 0 Å². The lowest BCUT2D eigenvalue weighted by Crippen LogP contribution is -2.08. The normalized spacial score (nSPS) is 10.5. The Morgan fingerprint density at radius 3 is 2.32 bits per heavy atom. The molecule has 0 unspecified atom stereocenters. The molecule has 0 saturated carbocycles. The van der Waals surface area contributed by atoms with Crippen molar-refractivity contribution in [1.82, 2.24) is 0 Å². The SMILES string of the molecule is Cc1ccccc1CC(=O)Cc1cccc(Cl)c1Cl. The standard InChI is InChI=1S/C16H14Cl2O/c1-11-5-2-3-6-12(11)9-14(19)10-13-7-4-8-15(17)16(13)18/h2-8H,9-10H2,1H3. The number of carbonyl (C=O) groups excluding carboxylic acids is 1. The lowest BCUT2D eigenvalue weighted by molar-refractivity contribution is -0.117. The van der Waals surface area contributed by atoms with E-state index in [-0.39, 0.29) is 5.78 Å². The Hall–Kier alpha value is -1.31. The van der Waals surface area contributed by atoms with Crippen LogP contribution >= 0.6 is 23.2 Å². The molecule has 2 aromatic carbocycles. The first-order valence-electron chi connectivity index (χ1n) is 6.07. The topological polar surface area (TPSA) is 17.1 Å². The summed E-state index contributed by atoms with van der Waals surface area (Å²) in [4.78, 5) is 12.1. The van der Waals surface area contributed by atoms with Crippen molar-refractivity contribution in [1.29, 1.82) is 0 Å². The van der Waals surface area contributed by atoms with Gasteiger partial charge in [-0.05, 0) is 29.7 Å². The minimum atomic E-state index is 0.137. The summed E-state index contributed by atoms with van der Waals surface area (Å²) in [5.74, 6) is 0.137. The minimum absolute atomic E-state index is 0.137. The average molecular weight is 293 g/mol. The molecule has 0 aromatic heterocycles. The molecule has 0 aliphatic carbocycles. The summed E-state index contributed by atoms with van der Waals surface area (Å²) < 4.78 is 0. The monoisotopic (exact) mass is 292 g/mol. The fraction of sp³-hybridized carbons (Fsp3) is 0.188. The highest BCUT2D eigenvalue weighted by Crippen LogP contribution is 2.26. The lowest BCUT2D eigenvalue weighted by Gasteiger charge is -2.07. The van der Waals surface area contributed by atoms with Crippen molar-refractivity contribution in [3.63, 3.8) is 0 Å². The van der Waals surface area contributed by atoms with Crippen molar-refractivity contribution in [3.05, 3.63) is 69.2 Å². The minimum Gasteiger partial charge on any atom is -0.299 e. The molecular formula is C16H14Cl2O. The van der Waals surface area contributed by atoms with Crippen LogP contribution in [-0.4, -0.2) is 5.78 Å². The molecule has 0 aliphatic heterocycles. The number of carbonyl (C=O) groups is 1. The fourth-order valence-electron chi connectivity index (χ4n) is 1.98. The van der Waals surface area contributed by atoms with Crippen LogP contribution in [0.1, 0.15) is 16.7 Å². The highest BCUT2D eigenvalue weighted by molar-refractivity contribution is 6.42. The summed E-state index contributed by atoms with van der Waals surface area (Å²) in [6.45, 7) is 2.01. The van der Waals surface area contributed by atoms with Gasteiger partial charge in [0.1, 0.15) is 5.78 Å². The Balaban J connectivity index is 2.10. The van der Waals surface area contributed by atoms with Gasteiger partial charge < -0.3 is 0 Å². The van der Waals surface area contributed by atoms with Crippen LogP contribution in [0.25, 0.3) is 0 Å². The van der Waals surface area contributed by atoms with Crippen LogP contribution < -0.4 is 0 Å². The molecule has 0 saturated heterocycles. The molecular weight excluding hydrogens is 279 g/mol. The summed E-state index contributed by atoms with van der Waals surface area (Å²) >= 11 is 12.0. The summed E-state index contributed by atoms with van der Waals surface area (Å²) in [5, 5.41) is 0.963. The van der Waals surface area contributed by atoms with E-state index in [0.717, 1.165) is 16.7 Å². The van der Waals surface area contributed by atoms with E-state index in [4.69, 9.17) is 23.2 Å². The van der Waals surface area contributed by atoms with E-state index in [1.54, 1.807) is 6.07 Å². The number of rotatable bonds is 4. The molecule has 0 amide bonds. The second-order valence-electron chi connectivity index (χ2n) is 4.53. The van der Waals surface area contributed by atoms with Crippen LogP contribution in [0, 0.1) is 6.92 Å². The molecule has 98 valence electrons. The summed E-state index contributed by atoms with van der Waals surface area (Å²) in [5.41, 5.74) is 2.98. The van der Waals surface area contributed by atoms with Crippen molar-refractivity contribution in [2.24, 2.45) is 0 Å². The van der Waals surface area contributed by atoms with Gasteiger partial charge in [0.25, 0.3) is 0 Å². The number of benzene rings is 2. The molecule has 2 rings (SSSR count). The zero-order chi connectivity index (χ0) is 13.8. The molecule has 0 radical (unpaired) electrons. The zero-order valence-corrected chi connectivity index (χ0v) is 12.1. The van der Waals surface area contributed by atoms with Gasteiger partial charge in [0.2, 0.25) is 0 Å². The Bertz CT molecular complexity index is 605. The summed E-state index contributed by atoms with van der Waals surface area (Å²) in [6.07, 6.45) is 0.739. The second-order valence-corrected chi connectivity index (χ2v) is 5.32. The number of hydrogen-bond donors (Lipinski definition) is 0. The third-order valence-electron chi connectivity index (χ3n) is 3.07. The number of aryl methyl sites for hydroxylation is 1. The van der Waals surface area contributed by atoms with Crippen LogP contribution in [0.5, 0.6) is 0 Å². The molecule has 0 N–H and O–H groups in total. The largest absolute Gasteiger partial charge is 0.299 e. The maximum atomic E-state index is 12.1. The molecule has 0 fully saturated rings. The summed E-state index contributed by atoms with van der Waals surface area (Å²) in [7, 11) is 0. The van der Waals surface area contributed by atoms with Gasteiger partial charge in [-0.1, -0.05) is 59.6 Å². The lowest BCUT2D eigenvalue weighted by atomic mass is 9.99. The molecule has 2 aromatic rings. The number of ketones is 1. The van der Waals surface area contributed by atoms with E-state index < -0.39 is 0 Å². The van der Waals surface area contributed by atoms with E-state index in [1.807, 2.05) is 43.3 Å². The first-order valence-corrected chi connectivity index (χ1v) is 6.82. The first-order chi connectivity index (χ1) is 9.08. The Labute approximate surface area is 123 Å². The third-order valence-corrected chi connectivity index (χ3v) is 3.93. The van der Waals surface area contributed by atoms with Gasteiger partial charge in [0.05, 0.1) is 10.0 Å². The molecule has 19 heavy (non-hydrogen) atoms. The van der Waals surface area contributed by atoms with Gasteiger partial charge in [0.15, 0.2) is 0 Å². The van der Waals surface area contributed by atoms with Crippen molar-refractivity contribution in [3.8, 4) is 0 Å². The van der Waals surface area contributed by atoms with Crippen LogP contribution in [0.15, 0.2) is 42.5 Å². The number of Topliss-reactive ketones (excluding diaryl/α,β-unsaturated/α-hetero) is 1.